The number of hydrogen-bond donors (Lipinski definition) is 0. The highest BCUT2D eigenvalue weighted by Crippen LogP contribution is 2.27. The van der Waals surface area contributed by atoms with E-state index >= 15 is 0 Å². The van der Waals surface area contributed by atoms with Crippen LogP contribution in [0.15, 0.2) is 42.2 Å². The molecule has 0 saturated carbocycles. The Morgan fingerprint density at radius 1 is 1.26 bits per heavy atom. The van der Waals surface area contributed by atoms with E-state index in [0.717, 1.165) is 11.3 Å². The van der Waals surface area contributed by atoms with Crippen molar-refractivity contribution in [3.63, 3.8) is 0 Å². The SMILES string of the molecule is Cc1cncnc1-c1csc(N(C)C(=O)c2ccc(F)cc2)n1. The van der Waals surface area contributed by atoms with Crippen molar-refractivity contribution in [2.45, 2.75) is 6.92 Å². The van der Waals surface area contributed by atoms with Crippen LogP contribution in [0.5, 0.6) is 0 Å². The van der Waals surface area contributed by atoms with Crippen molar-refractivity contribution in [2.24, 2.45) is 0 Å². The minimum atomic E-state index is -0.375. The van der Waals surface area contributed by atoms with Crippen molar-refractivity contribution in [3.05, 3.63) is 59.1 Å². The topological polar surface area (TPSA) is 59.0 Å². The van der Waals surface area contributed by atoms with Gasteiger partial charge in [0.25, 0.3) is 5.91 Å². The van der Waals surface area contributed by atoms with Gasteiger partial charge in [-0.15, -0.1) is 11.3 Å². The molecule has 2 heterocycles. The fourth-order valence-corrected chi connectivity index (χ4v) is 2.84. The highest BCUT2D eigenvalue weighted by atomic mass is 32.1. The van der Waals surface area contributed by atoms with E-state index in [1.165, 1.54) is 46.8 Å². The lowest BCUT2D eigenvalue weighted by atomic mass is 10.2. The Morgan fingerprint density at radius 3 is 2.70 bits per heavy atom. The Morgan fingerprint density at radius 2 is 2.00 bits per heavy atom. The number of anilines is 1. The summed E-state index contributed by atoms with van der Waals surface area (Å²) in [5, 5.41) is 2.39. The lowest BCUT2D eigenvalue weighted by molar-refractivity contribution is 0.0993. The third-order valence-corrected chi connectivity index (χ3v) is 4.23. The maximum atomic E-state index is 13.0. The number of thiazole rings is 1. The van der Waals surface area contributed by atoms with Gasteiger partial charge in [-0.05, 0) is 36.8 Å². The summed E-state index contributed by atoms with van der Waals surface area (Å²) < 4.78 is 13.0. The smallest absolute Gasteiger partial charge is 0.259 e. The number of amides is 1. The molecular weight excluding hydrogens is 315 g/mol. The number of hydrogen-bond acceptors (Lipinski definition) is 5. The molecule has 3 rings (SSSR count). The first-order chi connectivity index (χ1) is 11.1. The molecule has 7 heteroatoms. The molecular formula is C16H13FN4OS. The lowest BCUT2D eigenvalue weighted by Gasteiger charge is -2.13. The third-order valence-electron chi connectivity index (χ3n) is 3.31. The van der Waals surface area contributed by atoms with Gasteiger partial charge in [0, 0.05) is 24.2 Å². The van der Waals surface area contributed by atoms with E-state index in [1.807, 2.05) is 12.3 Å². The molecule has 0 bridgehead atoms. The zero-order valence-electron chi connectivity index (χ0n) is 12.5. The number of aryl methyl sites for hydroxylation is 1. The molecule has 116 valence electrons. The van der Waals surface area contributed by atoms with E-state index in [9.17, 15) is 9.18 Å². The summed E-state index contributed by atoms with van der Waals surface area (Å²) in [5.41, 5.74) is 2.76. The molecule has 0 unspecified atom stereocenters. The van der Waals surface area contributed by atoms with Crippen LogP contribution in [0.2, 0.25) is 0 Å². The molecule has 0 aliphatic carbocycles. The van der Waals surface area contributed by atoms with Gasteiger partial charge in [0.1, 0.15) is 17.8 Å². The second-order valence-corrected chi connectivity index (χ2v) is 5.78. The summed E-state index contributed by atoms with van der Waals surface area (Å²) in [6.07, 6.45) is 3.18. The van der Waals surface area contributed by atoms with Gasteiger partial charge in [-0.25, -0.2) is 19.3 Å². The summed E-state index contributed by atoms with van der Waals surface area (Å²) in [6, 6.07) is 5.44. The highest BCUT2D eigenvalue weighted by molar-refractivity contribution is 7.14. The standard InChI is InChI=1S/C16H13FN4OS/c1-10-7-18-9-19-14(10)13-8-23-16(20-13)21(2)15(22)11-3-5-12(17)6-4-11/h3-9H,1-2H3. The Hall–Kier alpha value is -2.67. The molecule has 2 aromatic heterocycles. The van der Waals surface area contributed by atoms with Gasteiger partial charge in [0.2, 0.25) is 0 Å². The first-order valence-corrected chi connectivity index (χ1v) is 7.70. The number of aromatic nitrogens is 3. The molecule has 5 nitrogen and oxygen atoms in total. The van der Waals surface area contributed by atoms with Crippen LogP contribution in [-0.4, -0.2) is 27.9 Å². The Kier molecular flexibility index (Phi) is 4.12. The van der Waals surface area contributed by atoms with Crippen molar-refractivity contribution in [1.82, 2.24) is 15.0 Å². The normalized spacial score (nSPS) is 10.6. The Labute approximate surface area is 136 Å². The average molecular weight is 328 g/mol. The fraction of sp³-hybridized carbons (Fsp3) is 0.125. The predicted molar refractivity (Wildman–Crippen MR) is 87.0 cm³/mol. The van der Waals surface area contributed by atoms with Crippen LogP contribution in [0.4, 0.5) is 9.52 Å². The molecule has 0 N–H and O–H groups in total. The van der Waals surface area contributed by atoms with Crippen LogP contribution in [-0.2, 0) is 0 Å². The zero-order chi connectivity index (χ0) is 16.4. The third kappa shape index (κ3) is 3.09. The van der Waals surface area contributed by atoms with Gasteiger partial charge in [0.05, 0.1) is 5.69 Å². The van der Waals surface area contributed by atoms with Crippen molar-refractivity contribution >= 4 is 22.4 Å². The van der Waals surface area contributed by atoms with Crippen molar-refractivity contribution in [2.75, 3.05) is 11.9 Å². The van der Waals surface area contributed by atoms with Crippen molar-refractivity contribution < 1.29 is 9.18 Å². The summed E-state index contributed by atoms with van der Waals surface area (Å²) >= 11 is 1.35. The van der Waals surface area contributed by atoms with E-state index < -0.39 is 0 Å². The van der Waals surface area contributed by atoms with E-state index in [1.54, 1.807) is 13.2 Å². The van der Waals surface area contributed by atoms with Crippen LogP contribution in [0, 0.1) is 12.7 Å². The first-order valence-electron chi connectivity index (χ1n) is 6.82. The van der Waals surface area contributed by atoms with Gasteiger partial charge in [-0.1, -0.05) is 0 Å². The van der Waals surface area contributed by atoms with Crippen LogP contribution in [0.1, 0.15) is 15.9 Å². The minimum absolute atomic E-state index is 0.245. The van der Waals surface area contributed by atoms with E-state index in [-0.39, 0.29) is 11.7 Å². The molecule has 1 aromatic carbocycles. The second-order valence-electron chi connectivity index (χ2n) is 4.94. The van der Waals surface area contributed by atoms with Gasteiger partial charge >= 0.3 is 0 Å². The minimum Gasteiger partial charge on any atom is -0.287 e. The molecule has 0 saturated heterocycles. The van der Waals surface area contributed by atoms with Gasteiger partial charge < -0.3 is 0 Å². The van der Waals surface area contributed by atoms with Gasteiger partial charge in [0.15, 0.2) is 5.13 Å². The van der Waals surface area contributed by atoms with E-state index in [2.05, 4.69) is 15.0 Å². The number of carbonyl (C=O) groups excluding carboxylic acids is 1. The first kappa shape index (κ1) is 15.2. The number of benzene rings is 1. The molecule has 0 fully saturated rings. The molecule has 0 aliphatic rings. The molecule has 0 spiro atoms. The van der Waals surface area contributed by atoms with E-state index in [4.69, 9.17) is 0 Å². The second kappa shape index (κ2) is 6.21. The van der Waals surface area contributed by atoms with Crippen LogP contribution >= 0.6 is 11.3 Å². The monoisotopic (exact) mass is 328 g/mol. The number of carbonyl (C=O) groups is 1. The summed E-state index contributed by atoms with van der Waals surface area (Å²) in [4.78, 5) is 26.5. The average Bonchev–Trinajstić information content (AvgIpc) is 3.04. The van der Waals surface area contributed by atoms with E-state index in [0.29, 0.717) is 16.4 Å². The largest absolute Gasteiger partial charge is 0.287 e. The highest BCUT2D eigenvalue weighted by Gasteiger charge is 2.18. The summed E-state index contributed by atoms with van der Waals surface area (Å²) in [6.45, 7) is 1.90. The molecule has 3 aromatic rings. The number of nitrogens with zero attached hydrogens (tertiary/aromatic N) is 4. The molecule has 0 radical (unpaired) electrons. The molecule has 23 heavy (non-hydrogen) atoms. The molecule has 0 aliphatic heterocycles. The lowest BCUT2D eigenvalue weighted by Crippen LogP contribution is -2.26. The van der Waals surface area contributed by atoms with Gasteiger partial charge in [-0.2, -0.15) is 0 Å². The zero-order valence-corrected chi connectivity index (χ0v) is 13.3. The molecule has 1 amide bonds. The number of rotatable bonds is 3. The van der Waals surface area contributed by atoms with Crippen LogP contribution in [0.25, 0.3) is 11.4 Å². The van der Waals surface area contributed by atoms with Gasteiger partial charge in [-0.3, -0.25) is 9.69 Å². The predicted octanol–water partition coefficient (Wildman–Crippen LogP) is 3.32. The maximum absolute atomic E-state index is 13.0. The Balaban J connectivity index is 1.86. The Bertz CT molecular complexity index is 847. The quantitative estimate of drug-likeness (QED) is 0.740. The van der Waals surface area contributed by atoms with Crippen molar-refractivity contribution in [3.8, 4) is 11.4 Å². The maximum Gasteiger partial charge on any atom is 0.259 e. The fourth-order valence-electron chi connectivity index (χ4n) is 2.07. The van der Waals surface area contributed by atoms with Crippen LogP contribution < -0.4 is 4.90 Å². The molecule has 0 atom stereocenters. The number of halogens is 1. The van der Waals surface area contributed by atoms with Crippen molar-refractivity contribution in [1.29, 1.82) is 0 Å². The summed E-state index contributed by atoms with van der Waals surface area (Å²) in [5.74, 6) is -0.620. The van der Waals surface area contributed by atoms with Crippen LogP contribution in [0.3, 0.4) is 0 Å². The summed E-state index contributed by atoms with van der Waals surface area (Å²) in [7, 11) is 1.64.